The van der Waals surface area contributed by atoms with Gasteiger partial charge >= 0.3 is 11.8 Å². The number of nitro groups is 1. The Morgan fingerprint density at radius 1 is 1.22 bits per heavy atom. The average molecular weight is 251 g/mol. The Morgan fingerprint density at radius 3 is 2.22 bits per heavy atom. The maximum atomic E-state index is 11.0. The molecule has 1 aromatic carbocycles. The second kappa shape index (κ2) is 5.67. The van der Waals surface area contributed by atoms with Crippen molar-refractivity contribution in [2.75, 3.05) is 0 Å². The second-order valence-electron chi connectivity index (χ2n) is 3.38. The highest BCUT2D eigenvalue weighted by atomic mass is 16.6. The number of Topliss-reactive ketones (excluding diaryl/α,β-unsaturated/α-hetero) is 2. The fraction of sp³-hybridized carbons (Fsp3) is 0.182. The Hall–Kier alpha value is -2.57. The molecule has 1 aromatic rings. The van der Waals surface area contributed by atoms with Gasteiger partial charge in [0.2, 0.25) is 5.78 Å². The van der Waals surface area contributed by atoms with Crippen molar-refractivity contribution in [3.05, 3.63) is 39.9 Å². The van der Waals surface area contributed by atoms with Gasteiger partial charge in [0.1, 0.15) is 6.61 Å². The molecule has 0 bridgehead atoms. The number of benzene rings is 1. The zero-order valence-corrected chi connectivity index (χ0v) is 9.41. The number of nitro benzene ring substituents is 1. The highest BCUT2D eigenvalue weighted by Crippen LogP contribution is 2.12. The molecule has 0 aliphatic heterocycles. The number of ether oxygens (including phenoxy) is 1. The van der Waals surface area contributed by atoms with E-state index >= 15 is 0 Å². The summed E-state index contributed by atoms with van der Waals surface area (Å²) in [6.07, 6.45) is 0. The van der Waals surface area contributed by atoms with Gasteiger partial charge in [-0.15, -0.1) is 0 Å². The van der Waals surface area contributed by atoms with E-state index in [0.29, 0.717) is 5.56 Å². The number of non-ortho nitro benzene ring substituents is 1. The highest BCUT2D eigenvalue weighted by Gasteiger charge is 2.20. The molecule has 0 atom stereocenters. The molecule has 1 rings (SSSR count). The second-order valence-corrected chi connectivity index (χ2v) is 3.38. The number of hydrogen-bond acceptors (Lipinski definition) is 6. The van der Waals surface area contributed by atoms with Gasteiger partial charge in [-0.1, -0.05) is 0 Å². The van der Waals surface area contributed by atoms with Crippen LogP contribution in [0, 0.1) is 10.1 Å². The van der Waals surface area contributed by atoms with Gasteiger partial charge < -0.3 is 4.74 Å². The van der Waals surface area contributed by atoms with Crippen LogP contribution in [0.4, 0.5) is 5.69 Å². The molecule has 0 heterocycles. The van der Waals surface area contributed by atoms with E-state index in [1.807, 2.05) is 0 Å². The summed E-state index contributed by atoms with van der Waals surface area (Å²) in [6, 6.07) is 5.28. The van der Waals surface area contributed by atoms with Crippen LogP contribution in [0.15, 0.2) is 24.3 Å². The monoisotopic (exact) mass is 251 g/mol. The molecule has 0 N–H and O–H groups in total. The SMILES string of the molecule is CC(=O)C(=O)C(=O)OCc1ccc([N+](=O)[O-])cc1. The van der Waals surface area contributed by atoms with Crippen molar-refractivity contribution >= 4 is 23.2 Å². The van der Waals surface area contributed by atoms with E-state index in [9.17, 15) is 24.5 Å². The molecule has 0 saturated heterocycles. The summed E-state index contributed by atoms with van der Waals surface area (Å²) in [5.74, 6) is -3.36. The van der Waals surface area contributed by atoms with Crippen LogP contribution in [-0.2, 0) is 25.7 Å². The van der Waals surface area contributed by atoms with E-state index < -0.39 is 22.5 Å². The standard InChI is InChI=1S/C11H9NO6/c1-7(13)10(14)11(15)18-6-8-2-4-9(5-3-8)12(16)17/h2-5H,6H2,1H3. The van der Waals surface area contributed by atoms with Crippen LogP contribution in [0.1, 0.15) is 12.5 Å². The molecule has 0 aliphatic carbocycles. The van der Waals surface area contributed by atoms with Gasteiger partial charge in [-0.05, 0) is 17.7 Å². The summed E-state index contributed by atoms with van der Waals surface area (Å²) in [7, 11) is 0. The number of carbonyl (C=O) groups is 3. The van der Waals surface area contributed by atoms with Crippen LogP contribution in [0.5, 0.6) is 0 Å². The fourth-order valence-corrected chi connectivity index (χ4v) is 1.07. The molecule has 0 aromatic heterocycles. The molecule has 0 fully saturated rings. The highest BCUT2D eigenvalue weighted by molar-refractivity contribution is 6.61. The van der Waals surface area contributed by atoms with E-state index in [1.54, 1.807) is 0 Å². The lowest BCUT2D eigenvalue weighted by atomic mass is 10.2. The summed E-state index contributed by atoms with van der Waals surface area (Å²) in [6.45, 7) is 0.741. The van der Waals surface area contributed by atoms with Crippen LogP contribution in [0.3, 0.4) is 0 Å². The molecule has 0 amide bonds. The number of carbonyl (C=O) groups excluding carboxylic acids is 3. The molecule has 0 unspecified atom stereocenters. The van der Waals surface area contributed by atoms with E-state index in [2.05, 4.69) is 4.74 Å². The lowest BCUT2D eigenvalue weighted by Crippen LogP contribution is -2.23. The first-order valence-electron chi connectivity index (χ1n) is 4.87. The van der Waals surface area contributed by atoms with Gasteiger partial charge in [0.15, 0.2) is 0 Å². The average Bonchev–Trinajstić information content (AvgIpc) is 2.35. The van der Waals surface area contributed by atoms with Crippen molar-refractivity contribution in [2.45, 2.75) is 13.5 Å². The maximum absolute atomic E-state index is 11.0. The van der Waals surface area contributed by atoms with Crippen LogP contribution >= 0.6 is 0 Å². The molecule has 0 spiro atoms. The largest absolute Gasteiger partial charge is 0.455 e. The topological polar surface area (TPSA) is 104 Å². The zero-order valence-electron chi connectivity index (χ0n) is 9.41. The lowest BCUT2D eigenvalue weighted by Gasteiger charge is -2.02. The Bertz CT molecular complexity index is 505. The molecule has 7 nitrogen and oxygen atoms in total. The Kier molecular flexibility index (Phi) is 4.25. The maximum Gasteiger partial charge on any atom is 0.383 e. The summed E-state index contributed by atoms with van der Waals surface area (Å²) in [5.41, 5.74) is 0.384. The van der Waals surface area contributed by atoms with Crippen molar-refractivity contribution in [1.82, 2.24) is 0 Å². The predicted octanol–water partition coefficient (Wildman–Crippen LogP) is 0.796. The van der Waals surface area contributed by atoms with Crippen molar-refractivity contribution in [1.29, 1.82) is 0 Å². The smallest absolute Gasteiger partial charge is 0.383 e. The number of rotatable bonds is 5. The molecular weight excluding hydrogens is 242 g/mol. The number of nitrogens with zero attached hydrogens (tertiary/aromatic N) is 1. The minimum Gasteiger partial charge on any atom is -0.455 e. The number of hydrogen-bond donors (Lipinski definition) is 0. The molecule has 0 aliphatic rings. The first kappa shape index (κ1) is 13.5. The van der Waals surface area contributed by atoms with Gasteiger partial charge in [-0.25, -0.2) is 4.79 Å². The summed E-state index contributed by atoms with van der Waals surface area (Å²) >= 11 is 0. The number of ketones is 2. The van der Waals surface area contributed by atoms with Crippen LogP contribution in [-0.4, -0.2) is 22.5 Å². The predicted molar refractivity (Wildman–Crippen MR) is 58.6 cm³/mol. The van der Waals surface area contributed by atoms with Crippen molar-refractivity contribution in [2.24, 2.45) is 0 Å². The Balaban J connectivity index is 2.59. The first-order chi connectivity index (χ1) is 8.41. The van der Waals surface area contributed by atoms with Crippen molar-refractivity contribution in [3.63, 3.8) is 0 Å². The molecule has 18 heavy (non-hydrogen) atoms. The van der Waals surface area contributed by atoms with Gasteiger partial charge in [0.05, 0.1) is 4.92 Å². The fourth-order valence-electron chi connectivity index (χ4n) is 1.07. The van der Waals surface area contributed by atoms with E-state index in [4.69, 9.17) is 0 Å². The molecule has 94 valence electrons. The lowest BCUT2D eigenvalue weighted by molar-refractivity contribution is -0.384. The first-order valence-corrected chi connectivity index (χ1v) is 4.87. The third kappa shape index (κ3) is 3.48. The van der Waals surface area contributed by atoms with Crippen molar-refractivity contribution in [3.8, 4) is 0 Å². The minimum absolute atomic E-state index is 0.0927. The van der Waals surface area contributed by atoms with E-state index in [0.717, 1.165) is 6.92 Å². The molecule has 7 heteroatoms. The van der Waals surface area contributed by atoms with E-state index in [1.165, 1.54) is 24.3 Å². The minimum atomic E-state index is -1.24. The van der Waals surface area contributed by atoms with E-state index in [-0.39, 0.29) is 12.3 Å². The normalized spacial score (nSPS) is 9.61. The third-order valence-electron chi connectivity index (χ3n) is 2.02. The summed E-state index contributed by atoms with van der Waals surface area (Å²) in [4.78, 5) is 42.3. The van der Waals surface area contributed by atoms with Crippen LogP contribution < -0.4 is 0 Å². The zero-order chi connectivity index (χ0) is 13.7. The number of esters is 1. The van der Waals surface area contributed by atoms with Crippen LogP contribution in [0.25, 0.3) is 0 Å². The van der Waals surface area contributed by atoms with Gasteiger partial charge in [-0.3, -0.25) is 19.7 Å². The third-order valence-corrected chi connectivity index (χ3v) is 2.02. The molecular formula is C11H9NO6. The molecule has 0 saturated carbocycles. The van der Waals surface area contributed by atoms with Gasteiger partial charge in [0, 0.05) is 19.1 Å². The summed E-state index contributed by atoms with van der Waals surface area (Å²) < 4.78 is 4.57. The Labute approximate surface area is 102 Å². The summed E-state index contributed by atoms with van der Waals surface area (Å²) in [5, 5.41) is 10.4. The quantitative estimate of drug-likeness (QED) is 0.252. The van der Waals surface area contributed by atoms with Gasteiger partial charge in [0.25, 0.3) is 5.69 Å². The van der Waals surface area contributed by atoms with Gasteiger partial charge in [-0.2, -0.15) is 0 Å². The Morgan fingerprint density at radius 2 is 1.78 bits per heavy atom. The van der Waals surface area contributed by atoms with Crippen LogP contribution in [0.2, 0.25) is 0 Å². The van der Waals surface area contributed by atoms with Crippen molar-refractivity contribution < 1.29 is 24.0 Å². The molecule has 0 radical (unpaired) electrons.